The van der Waals surface area contributed by atoms with Gasteiger partial charge in [0.1, 0.15) is 0 Å². The molecule has 0 fully saturated rings. The first-order valence-corrected chi connectivity index (χ1v) is 7.20. The molecule has 0 spiro atoms. The van der Waals surface area contributed by atoms with E-state index in [1.807, 2.05) is 0 Å². The monoisotopic (exact) mass is 307 g/mol. The van der Waals surface area contributed by atoms with E-state index in [2.05, 4.69) is 5.32 Å². The number of amides is 4. The number of nitrogens with one attached hydrogen (secondary N) is 1. The Balaban J connectivity index is 1.77. The van der Waals surface area contributed by atoms with Gasteiger partial charge in [0, 0.05) is 13.6 Å². The summed E-state index contributed by atoms with van der Waals surface area (Å²) in [7, 11) is 1.68. The molecular weight excluding hydrogens is 294 g/mol. The summed E-state index contributed by atoms with van der Waals surface area (Å²) in [6.45, 7) is 0.371. The summed E-state index contributed by atoms with van der Waals surface area (Å²) in [5.41, 5.74) is 2.98. The van der Waals surface area contributed by atoms with Gasteiger partial charge in [0.05, 0.1) is 22.5 Å². The largest absolute Gasteiger partial charge is 0.334 e. The van der Waals surface area contributed by atoms with Crippen LogP contribution < -0.4 is 15.1 Å². The van der Waals surface area contributed by atoms with E-state index in [9.17, 15) is 14.4 Å². The van der Waals surface area contributed by atoms with Crippen molar-refractivity contribution in [2.75, 3.05) is 16.8 Å². The first kappa shape index (κ1) is 13.5. The quantitative estimate of drug-likeness (QED) is 0.821. The van der Waals surface area contributed by atoms with Crippen molar-refractivity contribution in [2.45, 2.75) is 6.54 Å². The second kappa shape index (κ2) is 4.67. The molecule has 2 aliphatic heterocycles. The SMILES string of the molecule is CN1C(=O)NCc2cc(N3C(=O)c4ccccc4C3=O)ccc21. The minimum absolute atomic E-state index is 0.175. The van der Waals surface area contributed by atoms with Gasteiger partial charge in [0.15, 0.2) is 0 Å². The molecule has 0 aliphatic carbocycles. The molecule has 6 nitrogen and oxygen atoms in total. The lowest BCUT2D eigenvalue weighted by molar-refractivity contribution is 0.0926. The minimum Gasteiger partial charge on any atom is -0.334 e. The van der Waals surface area contributed by atoms with E-state index in [4.69, 9.17) is 0 Å². The number of carbonyl (C=O) groups excluding carboxylic acids is 3. The Kier molecular flexibility index (Phi) is 2.74. The molecule has 0 unspecified atom stereocenters. The predicted octanol–water partition coefficient (Wildman–Crippen LogP) is 2.15. The predicted molar refractivity (Wildman–Crippen MR) is 84.7 cm³/mol. The van der Waals surface area contributed by atoms with Crippen LogP contribution in [-0.2, 0) is 6.54 Å². The lowest BCUT2D eigenvalue weighted by atomic mass is 10.1. The summed E-state index contributed by atoms with van der Waals surface area (Å²) in [4.78, 5) is 39.4. The van der Waals surface area contributed by atoms with Gasteiger partial charge < -0.3 is 5.32 Å². The van der Waals surface area contributed by atoms with Gasteiger partial charge in [0.2, 0.25) is 0 Å². The highest BCUT2D eigenvalue weighted by molar-refractivity contribution is 6.34. The molecule has 2 heterocycles. The minimum atomic E-state index is -0.321. The Bertz CT molecular complexity index is 840. The fraction of sp³-hybridized carbons (Fsp3) is 0.118. The van der Waals surface area contributed by atoms with Crippen molar-refractivity contribution in [3.63, 3.8) is 0 Å². The van der Waals surface area contributed by atoms with Crippen LogP contribution >= 0.6 is 0 Å². The van der Waals surface area contributed by atoms with E-state index in [0.29, 0.717) is 23.4 Å². The number of anilines is 2. The van der Waals surface area contributed by atoms with Gasteiger partial charge in [-0.2, -0.15) is 0 Å². The van der Waals surface area contributed by atoms with Crippen LogP contribution in [0.15, 0.2) is 42.5 Å². The van der Waals surface area contributed by atoms with E-state index in [-0.39, 0.29) is 17.8 Å². The Morgan fingerprint density at radius 1 is 0.957 bits per heavy atom. The van der Waals surface area contributed by atoms with Gasteiger partial charge in [0.25, 0.3) is 11.8 Å². The van der Waals surface area contributed by atoms with E-state index in [1.54, 1.807) is 49.5 Å². The van der Waals surface area contributed by atoms with Crippen molar-refractivity contribution in [3.05, 3.63) is 59.2 Å². The van der Waals surface area contributed by atoms with Crippen molar-refractivity contribution in [1.29, 1.82) is 0 Å². The summed E-state index contributed by atoms with van der Waals surface area (Å²) in [6, 6.07) is 11.8. The molecule has 2 aromatic rings. The number of nitrogens with zero attached hydrogens (tertiary/aromatic N) is 2. The highest BCUT2D eigenvalue weighted by Crippen LogP contribution is 2.32. The zero-order valence-corrected chi connectivity index (χ0v) is 12.4. The zero-order chi connectivity index (χ0) is 16.1. The van der Waals surface area contributed by atoms with Gasteiger partial charge in [-0.25, -0.2) is 9.69 Å². The first-order valence-electron chi connectivity index (χ1n) is 7.20. The van der Waals surface area contributed by atoms with Crippen LogP contribution in [-0.4, -0.2) is 24.9 Å². The van der Waals surface area contributed by atoms with Crippen LogP contribution in [0.5, 0.6) is 0 Å². The molecule has 4 rings (SSSR count). The number of rotatable bonds is 1. The smallest absolute Gasteiger partial charge is 0.321 e. The van der Waals surface area contributed by atoms with E-state index in [1.165, 1.54) is 9.80 Å². The Labute approximate surface area is 132 Å². The third kappa shape index (κ3) is 1.85. The molecule has 0 bridgehead atoms. The highest BCUT2D eigenvalue weighted by atomic mass is 16.2. The van der Waals surface area contributed by atoms with Crippen LogP contribution in [0, 0.1) is 0 Å². The van der Waals surface area contributed by atoms with Crippen molar-refractivity contribution in [2.24, 2.45) is 0 Å². The molecule has 0 atom stereocenters. The fourth-order valence-corrected chi connectivity index (χ4v) is 3.00. The average molecular weight is 307 g/mol. The number of hydrogen-bond acceptors (Lipinski definition) is 3. The summed E-state index contributed by atoms with van der Waals surface area (Å²) >= 11 is 0. The van der Waals surface area contributed by atoms with Gasteiger partial charge in [-0.05, 0) is 35.9 Å². The lowest BCUT2D eigenvalue weighted by Gasteiger charge is -2.27. The standard InChI is InChI=1S/C17H13N3O3/c1-19-14-7-6-11(8-10(14)9-18-17(19)23)20-15(21)12-4-2-3-5-13(12)16(20)22/h2-8H,9H2,1H3,(H,18,23). The van der Waals surface area contributed by atoms with Crippen LogP contribution in [0.4, 0.5) is 16.2 Å². The second-order valence-electron chi connectivity index (χ2n) is 5.52. The molecule has 6 heteroatoms. The van der Waals surface area contributed by atoms with Crippen molar-refractivity contribution in [1.82, 2.24) is 5.32 Å². The number of fused-ring (bicyclic) bond motifs is 2. The van der Waals surface area contributed by atoms with Crippen molar-refractivity contribution in [3.8, 4) is 0 Å². The molecule has 0 saturated heterocycles. The van der Waals surface area contributed by atoms with Crippen LogP contribution in [0.3, 0.4) is 0 Å². The van der Waals surface area contributed by atoms with Gasteiger partial charge >= 0.3 is 6.03 Å². The number of carbonyl (C=O) groups is 3. The van der Waals surface area contributed by atoms with E-state index < -0.39 is 0 Å². The van der Waals surface area contributed by atoms with Crippen LogP contribution in [0.1, 0.15) is 26.3 Å². The second-order valence-corrected chi connectivity index (χ2v) is 5.52. The Morgan fingerprint density at radius 3 is 2.26 bits per heavy atom. The van der Waals surface area contributed by atoms with Gasteiger partial charge in [-0.15, -0.1) is 0 Å². The summed E-state index contributed by atoms with van der Waals surface area (Å²) < 4.78 is 0. The lowest BCUT2D eigenvalue weighted by Crippen LogP contribution is -2.41. The van der Waals surface area contributed by atoms with Gasteiger partial charge in [-0.1, -0.05) is 12.1 Å². The maximum absolute atomic E-state index is 12.5. The maximum atomic E-state index is 12.5. The Hall–Kier alpha value is -3.15. The molecule has 0 radical (unpaired) electrons. The average Bonchev–Trinajstić information content (AvgIpc) is 2.83. The number of urea groups is 1. The first-order chi connectivity index (χ1) is 11.1. The molecule has 4 amide bonds. The van der Waals surface area contributed by atoms with Crippen molar-refractivity contribution >= 4 is 29.2 Å². The number of hydrogen-bond donors (Lipinski definition) is 1. The Morgan fingerprint density at radius 2 is 1.61 bits per heavy atom. The molecule has 0 saturated carbocycles. The van der Waals surface area contributed by atoms with Crippen LogP contribution in [0.25, 0.3) is 0 Å². The molecule has 114 valence electrons. The molecule has 23 heavy (non-hydrogen) atoms. The van der Waals surface area contributed by atoms with Crippen LogP contribution in [0.2, 0.25) is 0 Å². The summed E-state index contributed by atoms with van der Waals surface area (Å²) in [5, 5.41) is 2.74. The topological polar surface area (TPSA) is 69.7 Å². The molecule has 2 aromatic carbocycles. The van der Waals surface area contributed by atoms with E-state index >= 15 is 0 Å². The third-order valence-corrected chi connectivity index (χ3v) is 4.21. The van der Waals surface area contributed by atoms with E-state index in [0.717, 1.165) is 11.3 Å². The molecule has 2 aliphatic rings. The number of imide groups is 1. The van der Waals surface area contributed by atoms with Gasteiger partial charge in [-0.3, -0.25) is 14.5 Å². The number of benzene rings is 2. The summed E-state index contributed by atoms with van der Waals surface area (Å²) in [6.07, 6.45) is 0. The maximum Gasteiger partial charge on any atom is 0.321 e. The normalized spacial score (nSPS) is 16.3. The van der Waals surface area contributed by atoms with Crippen molar-refractivity contribution < 1.29 is 14.4 Å². The molecular formula is C17H13N3O3. The summed E-state index contributed by atoms with van der Waals surface area (Å²) in [5.74, 6) is -0.641. The third-order valence-electron chi connectivity index (χ3n) is 4.21. The molecule has 1 N–H and O–H groups in total. The molecule has 0 aromatic heterocycles. The zero-order valence-electron chi connectivity index (χ0n) is 12.4. The highest BCUT2D eigenvalue weighted by Gasteiger charge is 2.36. The fourth-order valence-electron chi connectivity index (χ4n) is 3.00.